The highest BCUT2D eigenvalue weighted by atomic mass is 79.9. The Kier molecular flexibility index (Phi) is 4.73. The van der Waals surface area contributed by atoms with Gasteiger partial charge in [-0.2, -0.15) is 0 Å². The molecule has 2 nitrogen and oxygen atoms in total. The first kappa shape index (κ1) is 14.9. The Morgan fingerprint density at radius 3 is 2.70 bits per heavy atom. The first-order chi connectivity index (χ1) is 9.52. The number of aliphatic hydroxyl groups is 1. The molecule has 0 aliphatic carbocycles. The van der Waals surface area contributed by atoms with Crippen LogP contribution in [-0.4, -0.2) is 12.2 Å². The topological polar surface area (TPSA) is 29.5 Å². The summed E-state index contributed by atoms with van der Waals surface area (Å²) >= 11 is 3.22. The minimum Gasteiger partial charge on any atom is -0.494 e. The lowest BCUT2D eigenvalue weighted by atomic mass is 10.0. The molecule has 0 amide bonds. The van der Waals surface area contributed by atoms with Gasteiger partial charge in [0.2, 0.25) is 0 Å². The maximum atomic E-state index is 14.0. The van der Waals surface area contributed by atoms with Crippen molar-refractivity contribution in [2.75, 3.05) is 7.11 Å². The summed E-state index contributed by atoms with van der Waals surface area (Å²) in [6, 6.07) is 8.93. The SMILES string of the molecule is COc1cccc(CC(O)c2cc(Br)ccc2F)c1F. The number of hydrogen-bond donors (Lipinski definition) is 1. The van der Waals surface area contributed by atoms with Gasteiger partial charge in [-0.05, 0) is 29.8 Å². The smallest absolute Gasteiger partial charge is 0.168 e. The van der Waals surface area contributed by atoms with Gasteiger partial charge >= 0.3 is 0 Å². The molecule has 2 aromatic carbocycles. The maximum absolute atomic E-state index is 14.0. The van der Waals surface area contributed by atoms with Gasteiger partial charge in [-0.25, -0.2) is 8.78 Å². The van der Waals surface area contributed by atoms with Crippen molar-refractivity contribution < 1.29 is 18.6 Å². The second-order valence-electron chi connectivity index (χ2n) is 4.32. The Morgan fingerprint density at radius 1 is 1.25 bits per heavy atom. The van der Waals surface area contributed by atoms with Gasteiger partial charge in [0, 0.05) is 16.5 Å². The highest BCUT2D eigenvalue weighted by Gasteiger charge is 2.17. The molecule has 1 N–H and O–H groups in total. The van der Waals surface area contributed by atoms with Gasteiger partial charge in [-0.1, -0.05) is 28.1 Å². The summed E-state index contributed by atoms with van der Waals surface area (Å²) in [4.78, 5) is 0. The molecule has 0 saturated carbocycles. The molecule has 0 radical (unpaired) electrons. The highest BCUT2D eigenvalue weighted by molar-refractivity contribution is 9.10. The summed E-state index contributed by atoms with van der Waals surface area (Å²) in [5.41, 5.74) is 0.401. The van der Waals surface area contributed by atoms with E-state index in [4.69, 9.17) is 4.74 Å². The second-order valence-corrected chi connectivity index (χ2v) is 5.23. The molecule has 0 fully saturated rings. The van der Waals surface area contributed by atoms with E-state index in [-0.39, 0.29) is 23.3 Å². The van der Waals surface area contributed by atoms with Crippen LogP contribution in [0.15, 0.2) is 40.9 Å². The van der Waals surface area contributed by atoms with E-state index in [1.807, 2.05) is 0 Å². The Labute approximate surface area is 124 Å². The van der Waals surface area contributed by atoms with Gasteiger partial charge in [0.1, 0.15) is 5.82 Å². The van der Waals surface area contributed by atoms with Crippen molar-refractivity contribution in [3.63, 3.8) is 0 Å². The third-order valence-electron chi connectivity index (χ3n) is 2.99. The lowest BCUT2D eigenvalue weighted by Crippen LogP contribution is -2.06. The van der Waals surface area contributed by atoms with Gasteiger partial charge in [-0.3, -0.25) is 0 Å². The highest BCUT2D eigenvalue weighted by Crippen LogP contribution is 2.27. The standard InChI is InChI=1S/C15H13BrF2O2/c1-20-14-4-2-3-9(15(14)18)7-13(19)11-8-10(16)5-6-12(11)17/h2-6,8,13,19H,7H2,1H3. The number of ether oxygens (including phenoxy) is 1. The molecule has 106 valence electrons. The molecule has 0 bridgehead atoms. The van der Waals surface area contributed by atoms with E-state index in [0.29, 0.717) is 4.47 Å². The Hall–Kier alpha value is -1.46. The molecule has 2 aromatic rings. The number of hydrogen-bond acceptors (Lipinski definition) is 2. The molecule has 2 rings (SSSR count). The number of rotatable bonds is 4. The van der Waals surface area contributed by atoms with Crippen LogP contribution in [0.1, 0.15) is 17.2 Å². The van der Waals surface area contributed by atoms with Crippen molar-refractivity contribution in [3.8, 4) is 5.75 Å². The molecular formula is C15H13BrF2O2. The van der Waals surface area contributed by atoms with E-state index < -0.39 is 17.7 Å². The third kappa shape index (κ3) is 3.16. The van der Waals surface area contributed by atoms with Crippen molar-refractivity contribution in [3.05, 3.63) is 63.6 Å². The largest absolute Gasteiger partial charge is 0.494 e. The summed E-state index contributed by atoms with van der Waals surface area (Å²) in [6.45, 7) is 0. The fourth-order valence-electron chi connectivity index (χ4n) is 1.96. The minimum atomic E-state index is -1.13. The van der Waals surface area contributed by atoms with Crippen LogP contribution in [0.4, 0.5) is 8.78 Å². The van der Waals surface area contributed by atoms with Crippen LogP contribution in [-0.2, 0) is 6.42 Å². The van der Waals surface area contributed by atoms with E-state index in [0.717, 1.165) is 0 Å². The molecule has 0 aromatic heterocycles. The molecule has 20 heavy (non-hydrogen) atoms. The fraction of sp³-hybridized carbons (Fsp3) is 0.200. The van der Waals surface area contributed by atoms with E-state index in [1.165, 1.54) is 37.4 Å². The van der Waals surface area contributed by atoms with Crippen LogP contribution in [0.2, 0.25) is 0 Å². The molecule has 0 aliphatic heterocycles. The van der Waals surface area contributed by atoms with Crippen LogP contribution < -0.4 is 4.74 Å². The first-order valence-electron chi connectivity index (χ1n) is 5.97. The molecule has 0 saturated heterocycles. The van der Waals surface area contributed by atoms with Crippen LogP contribution in [0.3, 0.4) is 0 Å². The zero-order chi connectivity index (χ0) is 14.7. The van der Waals surface area contributed by atoms with Crippen LogP contribution in [0.25, 0.3) is 0 Å². The summed E-state index contributed by atoms with van der Waals surface area (Å²) in [5.74, 6) is -0.960. The van der Waals surface area contributed by atoms with Crippen molar-refractivity contribution in [1.82, 2.24) is 0 Å². The maximum Gasteiger partial charge on any atom is 0.168 e. The molecule has 1 atom stereocenters. The molecule has 0 spiro atoms. The van der Waals surface area contributed by atoms with Crippen LogP contribution in [0.5, 0.6) is 5.75 Å². The van der Waals surface area contributed by atoms with Crippen molar-refractivity contribution in [2.45, 2.75) is 12.5 Å². The third-order valence-corrected chi connectivity index (χ3v) is 3.49. The van der Waals surface area contributed by atoms with Gasteiger partial charge in [0.05, 0.1) is 13.2 Å². The monoisotopic (exact) mass is 342 g/mol. The second kappa shape index (κ2) is 6.33. The van der Waals surface area contributed by atoms with E-state index in [1.54, 1.807) is 6.07 Å². The van der Waals surface area contributed by atoms with Gasteiger partial charge < -0.3 is 9.84 Å². The summed E-state index contributed by atoms with van der Waals surface area (Å²) < 4.78 is 33.2. The van der Waals surface area contributed by atoms with Crippen LogP contribution in [0, 0.1) is 11.6 Å². The lowest BCUT2D eigenvalue weighted by Gasteiger charge is -2.14. The Morgan fingerprint density at radius 2 is 2.00 bits per heavy atom. The van der Waals surface area contributed by atoms with Crippen molar-refractivity contribution in [2.24, 2.45) is 0 Å². The zero-order valence-corrected chi connectivity index (χ0v) is 12.3. The lowest BCUT2D eigenvalue weighted by molar-refractivity contribution is 0.172. The summed E-state index contributed by atoms with van der Waals surface area (Å²) in [6.07, 6.45) is -1.16. The van der Waals surface area contributed by atoms with Crippen molar-refractivity contribution in [1.29, 1.82) is 0 Å². The average Bonchev–Trinajstić information content (AvgIpc) is 2.43. The zero-order valence-electron chi connectivity index (χ0n) is 10.7. The van der Waals surface area contributed by atoms with Crippen LogP contribution >= 0.6 is 15.9 Å². The number of aliphatic hydroxyl groups excluding tert-OH is 1. The summed E-state index contributed by atoms with van der Waals surface area (Å²) in [7, 11) is 1.37. The molecule has 5 heteroatoms. The summed E-state index contributed by atoms with van der Waals surface area (Å²) in [5, 5.41) is 10.1. The Balaban J connectivity index is 2.28. The minimum absolute atomic E-state index is 0.0313. The van der Waals surface area contributed by atoms with Gasteiger partial charge in [0.25, 0.3) is 0 Å². The normalized spacial score (nSPS) is 12.2. The van der Waals surface area contributed by atoms with E-state index in [9.17, 15) is 13.9 Å². The quantitative estimate of drug-likeness (QED) is 0.909. The number of methoxy groups -OCH3 is 1. The predicted octanol–water partition coefficient (Wildman–Crippen LogP) is 4.01. The van der Waals surface area contributed by atoms with E-state index >= 15 is 0 Å². The number of halogens is 3. The fourth-order valence-corrected chi connectivity index (χ4v) is 2.34. The molecular weight excluding hydrogens is 330 g/mol. The molecule has 0 aliphatic rings. The Bertz CT molecular complexity index is 617. The molecule has 1 unspecified atom stereocenters. The van der Waals surface area contributed by atoms with E-state index in [2.05, 4.69) is 15.9 Å². The predicted molar refractivity (Wildman–Crippen MR) is 75.7 cm³/mol. The number of benzene rings is 2. The average molecular weight is 343 g/mol. The van der Waals surface area contributed by atoms with Gasteiger partial charge in [0.15, 0.2) is 11.6 Å². The molecule has 0 heterocycles. The van der Waals surface area contributed by atoms with Crippen molar-refractivity contribution >= 4 is 15.9 Å². The van der Waals surface area contributed by atoms with Gasteiger partial charge in [-0.15, -0.1) is 0 Å². The first-order valence-corrected chi connectivity index (χ1v) is 6.76.